The summed E-state index contributed by atoms with van der Waals surface area (Å²) in [6, 6.07) is 0. The summed E-state index contributed by atoms with van der Waals surface area (Å²) >= 11 is 33.5. The Morgan fingerprint density at radius 1 is 0.615 bits per heavy atom. The zero-order valence-corrected chi connectivity index (χ0v) is 11.1. The topological polar surface area (TPSA) is 3.24 Å². The predicted molar refractivity (Wildman–Crippen MR) is 62.9 cm³/mol. The van der Waals surface area contributed by atoms with Gasteiger partial charge < -0.3 is 0 Å². The number of nitrogens with zero attached hydrogens (tertiary/aromatic N) is 1. The smallest absolute Gasteiger partial charge is 0.120 e. The van der Waals surface area contributed by atoms with E-state index in [1.165, 1.54) is 0 Å². The molecule has 0 aliphatic rings. The van der Waals surface area contributed by atoms with Crippen molar-refractivity contribution in [1.82, 2.24) is 4.90 Å². The first-order chi connectivity index (χ1) is 5.91. The Hall–Kier alpha value is 1.70. The first-order valence-electron chi connectivity index (χ1n) is 3.48. The lowest BCUT2D eigenvalue weighted by molar-refractivity contribution is 0.309. The molecule has 0 radical (unpaired) electrons. The third-order valence-electron chi connectivity index (χ3n) is 1.19. The van der Waals surface area contributed by atoms with Gasteiger partial charge in [-0.1, -0.05) is 0 Å². The average molecular weight is 308 g/mol. The normalized spacial score (nSPS) is 12.5. The fraction of sp³-hybridized carbons (Fsp3) is 1.00. The highest BCUT2D eigenvalue weighted by Gasteiger charge is 2.15. The largest absolute Gasteiger partial charge is 0.295 e. The van der Waals surface area contributed by atoms with Crippen LogP contribution in [-0.2, 0) is 0 Å². The summed E-state index contributed by atoms with van der Waals surface area (Å²) in [5.74, 6) is 0. The van der Waals surface area contributed by atoms with Gasteiger partial charge in [-0.2, -0.15) is 0 Å². The van der Waals surface area contributed by atoms with Crippen molar-refractivity contribution in [3.8, 4) is 0 Å². The molecule has 0 heterocycles. The van der Waals surface area contributed by atoms with Gasteiger partial charge in [0.15, 0.2) is 0 Å². The summed E-state index contributed by atoms with van der Waals surface area (Å²) in [6.07, 6.45) is 0. The highest BCUT2D eigenvalue weighted by molar-refractivity contribution is 6.45. The maximum atomic E-state index is 5.59. The van der Waals surface area contributed by atoms with Gasteiger partial charge in [-0.25, -0.2) is 0 Å². The molecule has 7 heteroatoms. The van der Waals surface area contributed by atoms with Crippen molar-refractivity contribution >= 4 is 69.6 Å². The highest BCUT2D eigenvalue weighted by atomic mass is 35.5. The Kier molecular flexibility index (Phi) is 8.96. The first kappa shape index (κ1) is 14.7. The zero-order chi connectivity index (χ0) is 10.4. The molecule has 0 saturated carbocycles. The minimum Gasteiger partial charge on any atom is -0.295 e. The molecule has 0 aromatic rings. The molecule has 0 aromatic heterocycles. The van der Waals surface area contributed by atoms with Crippen LogP contribution in [0.5, 0.6) is 0 Å². The van der Waals surface area contributed by atoms with E-state index in [1.807, 2.05) is 0 Å². The number of halogens is 6. The van der Waals surface area contributed by atoms with Crippen LogP contribution in [0.4, 0.5) is 0 Å². The third kappa shape index (κ3) is 9.99. The van der Waals surface area contributed by atoms with E-state index >= 15 is 0 Å². The molecular formula is C6H9Cl6N. The maximum absolute atomic E-state index is 5.59. The van der Waals surface area contributed by atoms with Crippen molar-refractivity contribution in [2.45, 2.75) is 14.5 Å². The Bertz CT molecular complexity index is 105. The second-order valence-corrected chi connectivity index (χ2v) is 6.22. The van der Waals surface area contributed by atoms with E-state index in [0.29, 0.717) is 19.6 Å². The van der Waals surface area contributed by atoms with E-state index in [4.69, 9.17) is 69.6 Å². The lowest BCUT2D eigenvalue weighted by Gasteiger charge is -2.23. The summed E-state index contributed by atoms with van der Waals surface area (Å²) in [6.45, 7) is 1.32. The van der Waals surface area contributed by atoms with Crippen LogP contribution in [0.2, 0.25) is 0 Å². The van der Waals surface area contributed by atoms with Crippen molar-refractivity contribution in [2.75, 3.05) is 19.6 Å². The lowest BCUT2D eigenvalue weighted by Crippen LogP contribution is -2.35. The molecule has 0 saturated heterocycles. The highest BCUT2D eigenvalue weighted by Crippen LogP contribution is 2.13. The van der Waals surface area contributed by atoms with Gasteiger partial charge in [0, 0.05) is 19.6 Å². The molecule has 0 bridgehead atoms. The van der Waals surface area contributed by atoms with Crippen LogP contribution in [0.15, 0.2) is 0 Å². The molecule has 0 aliphatic carbocycles. The maximum Gasteiger partial charge on any atom is 0.120 e. The van der Waals surface area contributed by atoms with Crippen molar-refractivity contribution in [1.29, 1.82) is 0 Å². The van der Waals surface area contributed by atoms with Crippen LogP contribution in [0, 0.1) is 0 Å². The van der Waals surface area contributed by atoms with Crippen LogP contribution in [-0.4, -0.2) is 39.0 Å². The molecule has 0 aliphatic heterocycles. The molecule has 0 spiro atoms. The van der Waals surface area contributed by atoms with Crippen LogP contribution in [0.25, 0.3) is 0 Å². The van der Waals surface area contributed by atoms with Crippen LogP contribution >= 0.6 is 69.6 Å². The van der Waals surface area contributed by atoms with Crippen molar-refractivity contribution in [3.05, 3.63) is 0 Å². The van der Waals surface area contributed by atoms with Gasteiger partial charge >= 0.3 is 0 Å². The van der Waals surface area contributed by atoms with E-state index in [9.17, 15) is 0 Å². The fourth-order valence-electron chi connectivity index (χ4n) is 0.809. The van der Waals surface area contributed by atoms with Gasteiger partial charge in [0.1, 0.15) is 14.5 Å². The van der Waals surface area contributed by atoms with E-state index in [0.717, 1.165) is 0 Å². The van der Waals surface area contributed by atoms with E-state index in [2.05, 4.69) is 0 Å². The van der Waals surface area contributed by atoms with Crippen molar-refractivity contribution in [2.24, 2.45) is 0 Å². The third-order valence-corrected chi connectivity index (χ3v) is 2.02. The number of hydrogen-bond acceptors (Lipinski definition) is 1. The van der Waals surface area contributed by atoms with Crippen LogP contribution in [0.1, 0.15) is 0 Å². The fourth-order valence-corrected chi connectivity index (χ4v) is 1.98. The lowest BCUT2D eigenvalue weighted by atomic mass is 10.5. The van der Waals surface area contributed by atoms with Gasteiger partial charge in [-0.3, -0.25) is 4.90 Å². The molecule has 0 unspecified atom stereocenters. The van der Waals surface area contributed by atoms with Gasteiger partial charge in [-0.05, 0) is 0 Å². The first-order valence-corrected chi connectivity index (χ1v) is 6.10. The molecule has 0 rings (SSSR count). The molecule has 1 nitrogen and oxygen atoms in total. The van der Waals surface area contributed by atoms with Crippen LogP contribution in [0.3, 0.4) is 0 Å². The van der Waals surface area contributed by atoms with Crippen molar-refractivity contribution < 1.29 is 0 Å². The molecule has 0 amide bonds. The Morgan fingerprint density at radius 3 is 1.00 bits per heavy atom. The molecule has 0 aromatic carbocycles. The molecule has 0 N–H and O–H groups in total. The van der Waals surface area contributed by atoms with E-state index in [-0.39, 0.29) is 0 Å². The Balaban J connectivity index is 3.87. The summed E-state index contributed by atoms with van der Waals surface area (Å²) in [4.78, 5) is 0.303. The van der Waals surface area contributed by atoms with Crippen molar-refractivity contribution in [3.63, 3.8) is 0 Å². The van der Waals surface area contributed by atoms with Gasteiger partial charge in [0.2, 0.25) is 0 Å². The summed E-state index contributed by atoms with van der Waals surface area (Å²) < 4.78 is 0. The molecule has 80 valence electrons. The summed E-state index contributed by atoms with van der Waals surface area (Å²) in [7, 11) is 0. The van der Waals surface area contributed by atoms with Crippen LogP contribution < -0.4 is 0 Å². The quantitative estimate of drug-likeness (QED) is 0.676. The van der Waals surface area contributed by atoms with Gasteiger partial charge in [0.05, 0.1) is 0 Å². The van der Waals surface area contributed by atoms with Gasteiger partial charge in [0.25, 0.3) is 0 Å². The predicted octanol–water partition coefficient (Wildman–Crippen LogP) is 3.70. The van der Waals surface area contributed by atoms with E-state index in [1.54, 1.807) is 4.90 Å². The zero-order valence-electron chi connectivity index (χ0n) is 6.57. The number of alkyl halides is 6. The molecule has 0 atom stereocenters. The molecule has 13 heavy (non-hydrogen) atoms. The number of hydrogen-bond donors (Lipinski definition) is 0. The average Bonchev–Trinajstić information content (AvgIpc) is 1.80. The summed E-state index contributed by atoms with van der Waals surface area (Å²) in [5, 5.41) is 0. The second kappa shape index (κ2) is 7.92. The molecule has 0 fully saturated rings. The standard InChI is InChI=1S/C6H9Cl6N/c7-4(8)1-13(2-5(9)10)3-6(11)12/h4-6H,1-3H2. The van der Waals surface area contributed by atoms with E-state index < -0.39 is 14.5 Å². The Morgan fingerprint density at radius 2 is 0.846 bits per heavy atom. The Labute approximate surface area is 108 Å². The van der Waals surface area contributed by atoms with Gasteiger partial charge in [-0.15, -0.1) is 69.6 Å². The monoisotopic (exact) mass is 305 g/mol. The minimum absolute atomic E-state index is 0.439. The number of rotatable bonds is 6. The molecular weight excluding hydrogens is 299 g/mol. The minimum atomic E-state index is -0.501. The SMILES string of the molecule is ClC(Cl)CN(CC(Cl)Cl)CC(Cl)Cl. The summed E-state index contributed by atoms with van der Waals surface area (Å²) in [5.41, 5.74) is 0. The second-order valence-electron chi connectivity index (χ2n) is 2.39.